The number of hydrogen-bond acceptors (Lipinski definition) is 6. The minimum Gasteiger partial charge on any atom is -0.477 e. The van der Waals surface area contributed by atoms with Crippen LogP contribution >= 0.6 is 21.1 Å². The molecule has 0 aliphatic rings. The van der Waals surface area contributed by atoms with Gasteiger partial charge < -0.3 is 24.3 Å². The Bertz CT molecular complexity index is 524. The molecule has 6 nitrogen and oxygen atoms in total. The van der Waals surface area contributed by atoms with Gasteiger partial charge >= 0.3 is 11.5 Å². The minimum absolute atomic E-state index is 0.326. The standard InChI is InChI=1S/C27H55O6PS/c1-4-7-9-11-13-15-17-19-21-23(20-18-16-14-12-10-8-5-2)22-25(35)32-24(6-3)33-27(30,34-31)26(28)29/h23-25,30,35H,4-22,34H2,1-3H3,(H,28,29). The summed E-state index contributed by atoms with van der Waals surface area (Å²) in [5, 5.41) is 19.1. The normalized spacial score (nSPS) is 16.4. The van der Waals surface area contributed by atoms with E-state index in [2.05, 4.69) is 26.5 Å². The summed E-state index contributed by atoms with van der Waals surface area (Å²) in [5.41, 5.74) is -3.12. The molecule has 0 aromatic heterocycles. The fourth-order valence-corrected chi connectivity index (χ4v) is 5.13. The van der Waals surface area contributed by atoms with Crippen molar-refractivity contribution in [2.75, 3.05) is 0 Å². The maximum atomic E-state index is 11.2. The molecule has 0 saturated heterocycles. The molecule has 2 N–H and O–H groups in total. The van der Waals surface area contributed by atoms with Gasteiger partial charge in [0.15, 0.2) is 6.29 Å². The van der Waals surface area contributed by atoms with Crippen molar-refractivity contribution in [3.8, 4) is 0 Å². The van der Waals surface area contributed by atoms with E-state index in [0.717, 1.165) is 19.3 Å². The van der Waals surface area contributed by atoms with Gasteiger partial charge in [-0.2, -0.15) is 0 Å². The highest BCUT2D eigenvalue weighted by molar-refractivity contribution is 7.80. The number of aliphatic hydroxyl groups is 1. The molecule has 0 rings (SSSR count). The molecule has 8 heteroatoms. The average molecular weight is 539 g/mol. The molecular formula is C27H55O6PS. The van der Waals surface area contributed by atoms with E-state index in [1.807, 2.05) is 0 Å². The number of ether oxygens (including phenoxy) is 2. The van der Waals surface area contributed by atoms with Gasteiger partial charge in [-0.3, -0.25) is 0 Å². The Morgan fingerprint density at radius 2 is 1.26 bits per heavy atom. The summed E-state index contributed by atoms with van der Waals surface area (Å²) < 4.78 is 22.2. The minimum atomic E-state index is -2.69. The van der Waals surface area contributed by atoms with E-state index in [-0.39, 0.29) is 0 Å². The van der Waals surface area contributed by atoms with Crippen LogP contribution in [0.1, 0.15) is 143 Å². The summed E-state index contributed by atoms with van der Waals surface area (Å²) in [7, 11) is -2.07. The quantitative estimate of drug-likeness (QED) is 0.0445. The highest BCUT2D eigenvalue weighted by Gasteiger charge is 2.39. The average Bonchev–Trinajstić information content (AvgIpc) is 2.84. The van der Waals surface area contributed by atoms with Gasteiger partial charge in [0.1, 0.15) is 13.9 Å². The summed E-state index contributed by atoms with van der Waals surface area (Å²) in [6.45, 7) is 6.25. The van der Waals surface area contributed by atoms with Gasteiger partial charge in [0.2, 0.25) is 0 Å². The molecule has 35 heavy (non-hydrogen) atoms. The van der Waals surface area contributed by atoms with Gasteiger partial charge in [0, 0.05) is 0 Å². The fourth-order valence-electron chi connectivity index (χ4n) is 4.39. The molecular weight excluding hydrogens is 483 g/mol. The molecule has 0 heterocycles. The second kappa shape index (κ2) is 23.1. The van der Waals surface area contributed by atoms with Gasteiger partial charge in [-0.1, -0.05) is 130 Å². The zero-order valence-electron chi connectivity index (χ0n) is 22.7. The highest BCUT2D eigenvalue weighted by Crippen LogP contribution is 2.29. The predicted octanol–water partition coefficient (Wildman–Crippen LogP) is 8.18. The van der Waals surface area contributed by atoms with Crippen LogP contribution in [-0.4, -0.2) is 33.4 Å². The van der Waals surface area contributed by atoms with Crippen LogP contribution in [0.3, 0.4) is 0 Å². The van der Waals surface area contributed by atoms with Crippen molar-refractivity contribution >= 4 is 27.1 Å². The zero-order chi connectivity index (χ0) is 26.4. The number of aliphatic carboxylic acids is 1. The number of hydrogen-bond donors (Lipinski definition) is 3. The molecule has 0 bridgehead atoms. The number of carboxylic acids is 1. The summed E-state index contributed by atoms with van der Waals surface area (Å²) in [6, 6.07) is 0. The zero-order valence-corrected chi connectivity index (χ0v) is 24.8. The number of unbranched alkanes of at least 4 members (excludes halogenated alkanes) is 13. The monoisotopic (exact) mass is 538 g/mol. The first-order chi connectivity index (χ1) is 16.8. The van der Waals surface area contributed by atoms with Crippen LogP contribution in [0.2, 0.25) is 0 Å². The number of carbonyl (C=O) groups is 1. The van der Waals surface area contributed by atoms with E-state index < -0.39 is 31.7 Å². The van der Waals surface area contributed by atoms with Crippen LogP contribution in [0, 0.1) is 5.92 Å². The van der Waals surface area contributed by atoms with Crippen molar-refractivity contribution in [2.45, 2.75) is 160 Å². The first-order valence-electron chi connectivity index (χ1n) is 14.3. The molecule has 5 atom stereocenters. The molecule has 0 amide bonds. The van der Waals surface area contributed by atoms with Crippen molar-refractivity contribution < 1.29 is 29.0 Å². The summed E-state index contributed by atoms with van der Waals surface area (Å²) in [5.74, 6) is -1.17. The Labute approximate surface area is 221 Å². The second-order valence-corrected chi connectivity index (χ2v) is 11.5. The summed E-state index contributed by atoms with van der Waals surface area (Å²) >= 11 is 4.60. The van der Waals surface area contributed by atoms with Gasteiger partial charge in [0.25, 0.3) is 0 Å². The largest absolute Gasteiger partial charge is 0.477 e. The first kappa shape index (κ1) is 34.9. The molecule has 0 radical (unpaired) electrons. The van der Waals surface area contributed by atoms with Crippen LogP contribution in [-0.2, 0) is 18.8 Å². The van der Waals surface area contributed by atoms with Crippen molar-refractivity contribution in [3.63, 3.8) is 0 Å². The lowest BCUT2D eigenvalue weighted by Gasteiger charge is -2.28. The SMILES string of the molecule is CCCCCCCCCCC(CCCCCCCCC)CC(S)OC(CC)OC(O)([PH2]=O)C(=O)O. The maximum absolute atomic E-state index is 11.2. The van der Waals surface area contributed by atoms with Crippen LogP contribution in [0.4, 0.5) is 0 Å². The molecule has 0 aromatic rings. The smallest absolute Gasteiger partial charge is 0.371 e. The van der Waals surface area contributed by atoms with Gasteiger partial charge in [-0.15, -0.1) is 12.6 Å². The predicted molar refractivity (Wildman–Crippen MR) is 150 cm³/mol. The third kappa shape index (κ3) is 18.8. The topological polar surface area (TPSA) is 93.1 Å². The van der Waals surface area contributed by atoms with E-state index >= 15 is 0 Å². The van der Waals surface area contributed by atoms with Crippen molar-refractivity contribution in [1.82, 2.24) is 0 Å². The maximum Gasteiger partial charge on any atom is 0.371 e. The van der Waals surface area contributed by atoms with E-state index in [1.165, 1.54) is 96.3 Å². The Kier molecular flexibility index (Phi) is 23.0. The molecule has 0 saturated carbocycles. The lowest BCUT2D eigenvalue weighted by atomic mass is 9.91. The number of rotatable bonds is 26. The van der Waals surface area contributed by atoms with Gasteiger partial charge in [0.05, 0.1) is 0 Å². The van der Waals surface area contributed by atoms with E-state index in [9.17, 15) is 14.5 Å². The molecule has 0 aliphatic carbocycles. The lowest BCUT2D eigenvalue weighted by Crippen LogP contribution is -2.40. The summed E-state index contributed by atoms with van der Waals surface area (Å²) in [6.07, 6.45) is 21.8. The molecule has 0 fully saturated rings. The molecule has 0 aliphatic heterocycles. The van der Waals surface area contributed by atoms with Crippen LogP contribution in [0.5, 0.6) is 0 Å². The second-order valence-electron chi connectivity index (χ2n) is 9.94. The molecule has 0 spiro atoms. The third-order valence-corrected chi connectivity index (χ3v) is 7.67. The van der Waals surface area contributed by atoms with Crippen molar-refractivity contribution in [3.05, 3.63) is 0 Å². The van der Waals surface area contributed by atoms with E-state index in [0.29, 0.717) is 12.3 Å². The highest BCUT2D eigenvalue weighted by atomic mass is 32.1. The number of carboxylic acid groups (broad SMARTS) is 1. The van der Waals surface area contributed by atoms with Crippen molar-refractivity contribution in [1.29, 1.82) is 0 Å². The first-order valence-corrected chi connectivity index (χ1v) is 15.8. The van der Waals surface area contributed by atoms with E-state index in [1.54, 1.807) is 6.92 Å². The number of thiol groups is 1. The Balaban J connectivity index is 4.60. The molecule has 5 unspecified atom stereocenters. The Morgan fingerprint density at radius 1 is 0.829 bits per heavy atom. The molecule has 210 valence electrons. The third-order valence-electron chi connectivity index (χ3n) is 6.64. The molecule has 0 aromatic carbocycles. The van der Waals surface area contributed by atoms with Crippen LogP contribution in [0.15, 0.2) is 0 Å². The Hall–Kier alpha value is -0.0700. The summed E-state index contributed by atoms with van der Waals surface area (Å²) in [4.78, 5) is 11.2. The Morgan fingerprint density at radius 3 is 1.63 bits per heavy atom. The van der Waals surface area contributed by atoms with Crippen LogP contribution in [0.25, 0.3) is 0 Å². The lowest BCUT2D eigenvalue weighted by molar-refractivity contribution is -0.256. The fraction of sp³-hybridized carbons (Fsp3) is 0.963. The van der Waals surface area contributed by atoms with Crippen molar-refractivity contribution in [2.24, 2.45) is 5.92 Å². The van der Waals surface area contributed by atoms with Crippen LogP contribution < -0.4 is 0 Å². The van der Waals surface area contributed by atoms with E-state index in [4.69, 9.17) is 14.6 Å². The van der Waals surface area contributed by atoms with Gasteiger partial charge in [-0.25, -0.2) is 4.79 Å². The van der Waals surface area contributed by atoms with Gasteiger partial charge in [-0.05, 0) is 18.8 Å².